The lowest BCUT2D eigenvalue weighted by atomic mass is 10.1. The lowest BCUT2D eigenvalue weighted by Gasteiger charge is -2.10. The molecule has 0 bridgehead atoms. The summed E-state index contributed by atoms with van der Waals surface area (Å²) in [4.78, 5) is 17.0. The van der Waals surface area contributed by atoms with Gasteiger partial charge in [-0.3, -0.25) is 9.78 Å². The summed E-state index contributed by atoms with van der Waals surface area (Å²) in [5.74, 6) is -0.248. The Morgan fingerprint density at radius 3 is 2.63 bits per heavy atom. The van der Waals surface area contributed by atoms with Crippen LogP contribution in [-0.4, -0.2) is 25.9 Å². The van der Waals surface area contributed by atoms with Gasteiger partial charge in [0.2, 0.25) is 0 Å². The molecule has 0 aliphatic heterocycles. The topological polar surface area (TPSA) is 72.7 Å². The third-order valence-electron chi connectivity index (χ3n) is 5.75. The van der Waals surface area contributed by atoms with Gasteiger partial charge in [-0.2, -0.15) is 0 Å². The number of nitrogens with one attached hydrogen (secondary N) is 1. The van der Waals surface area contributed by atoms with Gasteiger partial charge in [-0.05, 0) is 34.7 Å². The largest absolute Gasteiger partial charge is 0.348 e. The molecule has 0 atom stereocenters. The highest BCUT2D eigenvalue weighted by molar-refractivity contribution is 5.95. The van der Waals surface area contributed by atoms with Crippen LogP contribution in [0.15, 0.2) is 91.4 Å². The van der Waals surface area contributed by atoms with E-state index in [2.05, 4.69) is 20.6 Å². The van der Waals surface area contributed by atoms with Gasteiger partial charge in [-0.25, -0.2) is 13.5 Å². The summed E-state index contributed by atoms with van der Waals surface area (Å²) in [6, 6.07) is 21.2. The van der Waals surface area contributed by atoms with Crippen molar-refractivity contribution in [3.05, 3.63) is 114 Å². The average Bonchev–Trinajstić information content (AvgIpc) is 3.36. The van der Waals surface area contributed by atoms with Crippen molar-refractivity contribution in [2.24, 2.45) is 0 Å². The quantitative estimate of drug-likeness (QED) is 0.346. The van der Waals surface area contributed by atoms with Crippen molar-refractivity contribution in [1.82, 2.24) is 25.3 Å². The van der Waals surface area contributed by atoms with Crippen molar-refractivity contribution in [3.63, 3.8) is 0 Å². The maximum Gasteiger partial charge on any atom is 0.263 e. The van der Waals surface area contributed by atoms with Gasteiger partial charge < -0.3 is 5.32 Å². The van der Waals surface area contributed by atoms with E-state index >= 15 is 0 Å². The second kappa shape index (κ2) is 9.80. The number of benzene rings is 3. The lowest BCUT2D eigenvalue weighted by Crippen LogP contribution is -2.24. The monoisotopic (exact) mass is 469 g/mol. The maximum absolute atomic E-state index is 12.9. The third-order valence-corrected chi connectivity index (χ3v) is 5.75. The van der Waals surface area contributed by atoms with Gasteiger partial charge in [0.15, 0.2) is 0 Å². The predicted molar refractivity (Wildman–Crippen MR) is 129 cm³/mol. The third kappa shape index (κ3) is 5.06. The Morgan fingerprint density at radius 1 is 0.971 bits per heavy atom. The first-order valence-electron chi connectivity index (χ1n) is 11.0. The van der Waals surface area contributed by atoms with Crippen molar-refractivity contribution in [2.45, 2.75) is 19.5 Å². The molecule has 174 valence electrons. The normalized spacial score (nSPS) is 11.2. The molecule has 0 fully saturated rings. The minimum atomic E-state index is -2.51. The highest BCUT2D eigenvalue weighted by Gasteiger charge is 2.13. The van der Waals surface area contributed by atoms with Crippen LogP contribution in [0, 0.1) is 0 Å². The smallest absolute Gasteiger partial charge is 0.263 e. The minimum Gasteiger partial charge on any atom is -0.348 e. The SMILES string of the molecule is O=C(NCc1ccc(C(F)F)cc1)c1ccccc1Cn1cc(-c2ccc3cnccc3c2)nn1. The number of hydrogen-bond acceptors (Lipinski definition) is 4. The molecule has 5 rings (SSSR count). The van der Waals surface area contributed by atoms with E-state index in [1.165, 1.54) is 12.1 Å². The van der Waals surface area contributed by atoms with E-state index in [0.717, 1.165) is 33.2 Å². The van der Waals surface area contributed by atoms with E-state index in [1.807, 2.05) is 48.8 Å². The standard InChI is InChI=1S/C27H21F2N5O/c28-26(29)19-7-5-18(6-8-19)14-31-27(35)24-4-2-1-3-23(24)16-34-17-25(32-33-34)21-9-10-22-15-30-12-11-20(22)13-21/h1-13,15,17,26H,14,16H2,(H,31,35). The zero-order chi connectivity index (χ0) is 24.2. The molecule has 0 saturated heterocycles. The van der Waals surface area contributed by atoms with Gasteiger partial charge in [0.25, 0.3) is 12.3 Å². The summed E-state index contributed by atoms with van der Waals surface area (Å²) in [5.41, 5.74) is 3.69. The number of nitrogens with zero attached hydrogens (tertiary/aromatic N) is 4. The Labute approximate surface area is 200 Å². The number of carbonyl (C=O) groups is 1. The van der Waals surface area contributed by atoms with Gasteiger partial charge in [0, 0.05) is 41.0 Å². The summed E-state index contributed by atoms with van der Waals surface area (Å²) < 4.78 is 27.2. The van der Waals surface area contributed by atoms with Crippen LogP contribution in [0.2, 0.25) is 0 Å². The molecule has 0 radical (unpaired) electrons. The predicted octanol–water partition coefficient (Wildman–Crippen LogP) is 5.41. The number of hydrogen-bond donors (Lipinski definition) is 1. The number of carbonyl (C=O) groups excluding carboxylic acids is 1. The van der Waals surface area contributed by atoms with Crippen LogP contribution < -0.4 is 5.32 Å². The summed E-state index contributed by atoms with van der Waals surface area (Å²) >= 11 is 0. The molecular formula is C27H21F2N5O. The molecule has 2 aromatic heterocycles. The highest BCUT2D eigenvalue weighted by Crippen LogP contribution is 2.23. The Bertz CT molecular complexity index is 1480. The molecule has 5 aromatic rings. The number of halogens is 2. The van der Waals surface area contributed by atoms with Crippen LogP contribution in [0.3, 0.4) is 0 Å². The molecule has 2 heterocycles. The molecule has 6 nitrogen and oxygen atoms in total. The molecular weight excluding hydrogens is 448 g/mol. The summed E-state index contributed by atoms with van der Waals surface area (Å²) in [5, 5.41) is 13.5. The Balaban J connectivity index is 1.29. The van der Waals surface area contributed by atoms with E-state index in [9.17, 15) is 13.6 Å². The fourth-order valence-electron chi connectivity index (χ4n) is 3.86. The van der Waals surface area contributed by atoms with E-state index in [-0.39, 0.29) is 18.0 Å². The van der Waals surface area contributed by atoms with E-state index in [4.69, 9.17) is 0 Å². The fraction of sp³-hybridized carbons (Fsp3) is 0.111. The Morgan fingerprint density at radius 2 is 1.80 bits per heavy atom. The number of amides is 1. The highest BCUT2D eigenvalue weighted by atomic mass is 19.3. The molecule has 0 unspecified atom stereocenters. The van der Waals surface area contributed by atoms with Gasteiger partial charge in [-0.1, -0.05) is 59.8 Å². The van der Waals surface area contributed by atoms with Crippen LogP contribution in [-0.2, 0) is 13.1 Å². The summed E-state index contributed by atoms with van der Waals surface area (Å²) in [6.45, 7) is 0.610. The van der Waals surface area contributed by atoms with Crippen molar-refractivity contribution >= 4 is 16.7 Å². The molecule has 0 saturated carbocycles. The molecule has 35 heavy (non-hydrogen) atoms. The molecule has 0 aliphatic carbocycles. The van der Waals surface area contributed by atoms with E-state index < -0.39 is 6.43 Å². The molecule has 1 N–H and O–H groups in total. The summed E-state index contributed by atoms with van der Waals surface area (Å²) in [6.07, 6.45) is 2.91. The van der Waals surface area contributed by atoms with Crippen LogP contribution in [0.25, 0.3) is 22.0 Å². The van der Waals surface area contributed by atoms with Crippen LogP contribution in [0.1, 0.15) is 33.5 Å². The summed E-state index contributed by atoms with van der Waals surface area (Å²) in [7, 11) is 0. The van der Waals surface area contributed by atoms with Gasteiger partial charge in [0.1, 0.15) is 5.69 Å². The maximum atomic E-state index is 12.9. The van der Waals surface area contributed by atoms with Crippen LogP contribution >= 0.6 is 0 Å². The molecule has 0 aliphatic rings. The van der Waals surface area contributed by atoms with Gasteiger partial charge in [-0.15, -0.1) is 5.10 Å². The van der Waals surface area contributed by atoms with Crippen molar-refractivity contribution in [3.8, 4) is 11.3 Å². The van der Waals surface area contributed by atoms with E-state index in [1.54, 1.807) is 35.1 Å². The lowest BCUT2D eigenvalue weighted by molar-refractivity contribution is 0.0949. The van der Waals surface area contributed by atoms with Crippen LogP contribution in [0.5, 0.6) is 0 Å². The van der Waals surface area contributed by atoms with Crippen molar-refractivity contribution < 1.29 is 13.6 Å². The number of fused-ring (bicyclic) bond motifs is 1. The number of rotatable bonds is 7. The zero-order valence-corrected chi connectivity index (χ0v) is 18.6. The molecule has 0 spiro atoms. The number of pyridine rings is 1. The van der Waals surface area contributed by atoms with E-state index in [0.29, 0.717) is 12.1 Å². The molecule has 3 aromatic carbocycles. The molecule has 1 amide bonds. The average molecular weight is 469 g/mol. The Kier molecular flexibility index (Phi) is 6.26. The molecule has 8 heteroatoms. The van der Waals surface area contributed by atoms with Crippen molar-refractivity contribution in [2.75, 3.05) is 0 Å². The first kappa shape index (κ1) is 22.3. The Hall–Kier alpha value is -4.46. The van der Waals surface area contributed by atoms with Gasteiger partial charge in [0.05, 0.1) is 12.7 Å². The fourth-order valence-corrected chi connectivity index (χ4v) is 3.86. The van der Waals surface area contributed by atoms with Crippen LogP contribution in [0.4, 0.5) is 8.78 Å². The van der Waals surface area contributed by atoms with Gasteiger partial charge >= 0.3 is 0 Å². The van der Waals surface area contributed by atoms with Crippen molar-refractivity contribution in [1.29, 1.82) is 0 Å². The zero-order valence-electron chi connectivity index (χ0n) is 18.6. The first-order valence-corrected chi connectivity index (χ1v) is 11.0. The first-order chi connectivity index (χ1) is 17.1. The minimum absolute atomic E-state index is 0.0432. The second-order valence-electron chi connectivity index (χ2n) is 8.12. The number of alkyl halides is 2. The second-order valence-corrected chi connectivity index (χ2v) is 8.12. The number of aromatic nitrogens is 4.